The zero-order valence-electron chi connectivity index (χ0n) is 17.6. The molecule has 0 aliphatic heterocycles. The van der Waals surface area contributed by atoms with Gasteiger partial charge in [-0.1, -0.05) is 48.5 Å². The van der Waals surface area contributed by atoms with E-state index in [2.05, 4.69) is 10.4 Å². The first-order valence-electron chi connectivity index (χ1n) is 10.3. The molecule has 0 radical (unpaired) electrons. The fourth-order valence-electron chi connectivity index (χ4n) is 3.63. The first-order valence-corrected chi connectivity index (χ1v) is 10.3. The molecule has 5 rings (SSSR count). The van der Waals surface area contributed by atoms with Crippen LogP contribution in [0.3, 0.4) is 0 Å². The minimum atomic E-state index is -0.785. The van der Waals surface area contributed by atoms with Crippen molar-refractivity contribution in [2.45, 2.75) is 6.54 Å². The van der Waals surface area contributed by atoms with Gasteiger partial charge in [0, 0.05) is 17.7 Å². The lowest BCUT2D eigenvalue weighted by molar-refractivity contribution is -0.384. The number of para-hydroxylation sites is 1. The highest BCUT2D eigenvalue weighted by Gasteiger charge is 2.18. The predicted molar refractivity (Wildman–Crippen MR) is 125 cm³/mol. The van der Waals surface area contributed by atoms with E-state index in [1.807, 2.05) is 60.7 Å². The number of nitro groups is 1. The summed E-state index contributed by atoms with van der Waals surface area (Å²) in [6.07, 6.45) is 0. The number of amides is 1. The van der Waals surface area contributed by atoms with Crippen molar-refractivity contribution < 1.29 is 14.1 Å². The summed E-state index contributed by atoms with van der Waals surface area (Å²) in [6.45, 7) is -0.343. The molecule has 0 atom stereocenters. The SMILES string of the molecule is O=C(Cn1c(=O)oc2cc([N+](=O)[O-])ccc21)Nc1cc(-c2ccccc2)nn1-c1ccccc1. The smallest absolute Gasteiger partial charge is 0.407 e. The van der Waals surface area contributed by atoms with Crippen LogP contribution < -0.4 is 11.1 Å². The molecule has 0 bridgehead atoms. The summed E-state index contributed by atoms with van der Waals surface area (Å²) in [5, 5.41) is 18.4. The van der Waals surface area contributed by atoms with E-state index >= 15 is 0 Å². The van der Waals surface area contributed by atoms with Crippen molar-refractivity contribution in [1.29, 1.82) is 0 Å². The average Bonchev–Trinajstić information content (AvgIpc) is 3.40. The Hall–Kier alpha value is -4.99. The summed E-state index contributed by atoms with van der Waals surface area (Å²) in [4.78, 5) is 35.6. The van der Waals surface area contributed by atoms with Crippen molar-refractivity contribution in [3.05, 3.63) is 106 Å². The lowest BCUT2D eigenvalue weighted by atomic mass is 10.2. The van der Waals surface area contributed by atoms with Crippen molar-refractivity contribution >= 4 is 28.5 Å². The second kappa shape index (κ2) is 8.51. The Balaban J connectivity index is 1.47. The lowest BCUT2D eigenvalue weighted by Crippen LogP contribution is -2.25. The van der Waals surface area contributed by atoms with Crippen LogP contribution in [0.2, 0.25) is 0 Å². The molecule has 3 aromatic carbocycles. The molecule has 0 saturated heterocycles. The van der Waals surface area contributed by atoms with Gasteiger partial charge in [0.25, 0.3) is 5.69 Å². The molecule has 168 valence electrons. The van der Waals surface area contributed by atoms with Gasteiger partial charge >= 0.3 is 5.76 Å². The first kappa shape index (κ1) is 20.9. The molecule has 34 heavy (non-hydrogen) atoms. The minimum Gasteiger partial charge on any atom is -0.407 e. The Labute approximate surface area is 191 Å². The number of non-ortho nitro benzene ring substituents is 1. The second-order valence-electron chi connectivity index (χ2n) is 7.44. The number of carbonyl (C=O) groups excluding carboxylic acids is 1. The predicted octanol–water partition coefficient (Wildman–Crippen LogP) is 3.99. The van der Waals surface area contributed by atoms with Crippen molar-refractivity contribution in [3.63, 3.8) is 0 Å². The van der Waals surface area contributed by atoms with E-state index < -0.39 is 16.6 Å². The maximum atomic E-state index is 12.9. The van der Waals surface area contributed by atoms with Crippen LogP contribution >= 0.6 is 0 Å². The Morgan fingerprint density at radius 2 is 1.71 bits per heavy atom. The van der Waals surface area contributed by atoms with Crippen molar-refractivity contribution in [1.82, 2.24) is 14.3 Å². The molecule has 10 nitrogen and oxygen atoms in total. The molecule has 1 N–H and O–H groups in total. The molecule has 0 aliphatic carbocycles. The molecule has 0 saturated carbocycles. The summed E-state index contributed by atoms with van der Waals surface area (Å²) in [6, 6.07) is 24.4. The normalized spacial score (nSPS) is 10.9. The van der Waals surface area contributed by atoms with Gasteiger partial charge < -0.3 is 9.73 Å². The van der Waals surface area contributed by atoms with Gasteiger partial charge in [-0.15, -0.1) is 0 Å². The van der Waals surface area contributed by atoms with E-state index in [1.54, 1.807) is 10.7 Å². The Bertz CT molecular complexity index is 1570. The third-order valence-electron chi connectivity index (χ3n) is 5.21. The summed E-state index contributed by atoms with van der Waals surface area (Å²) in [5.74, 6) is -0.849. The molecule has 0 aliphatic rings. The maximum absolute atomic E-state index is 12.9. The molecule has 1 amide bonds. The maximum Gasteiger partial charge on any atom is 0.420 e. The number of nitrogens with one attached hydrogen (secondary N) is 1. The monoisotopic (exact) mass is 455 g/mol. The number of benzene rings is 3. The van der Waals surface area contributed by atoms with Gasteiger partial charge in [0.2, 0.25) is 5.91 Å². The number of oxazole rings is 1. The van der Waals surface area contributed by atoms with Gasteiger partial charge in [0.05, 0.1) is 27.9 Å². The van der Waals surface area contributed by atoms with Crippen molar-refractivity contribution in [2.75, 3.05) is 5.32 Å². The molecule has 10 heteroatoms. The van der Waals surface area contributed by atoms with Crippen LogP contribution in [-0.4, -0.2) is 25.2 Å². The largest absolute Gasteiger partial charge is 0.420 e. The highest BCUT2D eigenvalue weighted by molar-refractivity contribution is 5.91. The van der Waals surface area contributed by atoms with Crippen LogP contribution in [0.15, 0.2) is 94.1 Å². The third kappa shape index (κ3) is 3.95. The number of nitro benzene ring substituents is 1. The Morgan fingerprint density at radius 1 is 1.00 bits per heavy atom. The van der Waals surface area contributed by atoms with E-state index in [0.29, 0.717) is 11.5 Å². The number of hydrogen-bond acceptors (Lipinski definition) is 6. The molecule has 0 fully saturated rings. The molecular weight excluding hydrogens is 438 g/mol. The zero-order chi connectivity index (χ0) is 23.7. The quantitative estimate of drug-likeness (QED) is 0.305. The average molecular weight is 455 g/mol. The summed E-state index contributed by atoms with van der Waals surface area (Å²) >= 11 is 0. The number of hydrogen-bond donors (Lipinski definition) is 1. The topological polar surface area (TPSA) is 125 Å². The first-order chi connectivity index (χ1) is 16.5. The molecule has 0 unspecified atom stereocenters. The van der Waals surface area contributed by atoms with E-state index in [0.717, 1.165) is 21.9 Å². The van der Waals surface area contributed by atoms with Gasteiger partial charge in [-0.3, -0.25) is 19.5 Å². The van der Waals surface area contributed by atoms with E-state index in [1.165, 1.54) is 12.1 Å². The van der Waals surface area contributed by atoms with Gasteiger partial charge in [-0.05, 0) is 18.2 Å². The zero-order valence-corrected chi connectivity index (χ0v) is 17.6. The number of fused-ring (bicyclic) bond motifs is 1. The Kier molecular flexibility index (Phi) is 5.23. The summed E-state index contributed by atoms with van der Waals surface area (Å²) < 4.78 is 7.83. The summed E-state index contributed by atoms with van der Waals surface area (Å²) in [7, 11) is 0. The van der Waals surface area contributed by atoms with E-state index in [9.17, 15) is 19.7 Å². The molecular formula is C24H17N5O5. The van der Waals surface area contributed by atoms with Gasteiger partial charge in [0.1, 0.15) is 12.4 Å². The van der Waals surface area contributed by atoms with Gasteiger partial charge in [0.15, 0.2) is 5.58 Å². The highest BCUT2D eigenvalue weighted by Crippen LogP contribution is 2.25. The van der Waals surface area contributed by atoms with Crippen LogP contribution in [-0.2, 0) is 11.3 Å². The van der Waals surface area contributed by atoms with E-state index in [-0.39, 0.29) is 23.3 Å². The van der Waals surface area contributed by atoms with Crippen LogP contribution in [0.1, 0.15) is 0 Å². The van der Waals surface area contributed by atoms with Crippen LogP contribution in [0, 0.1) is 10.1 Å². The number of nitrogens with zero attached hydrogens (tertiary/aromatic N) is 4. The highest BCUT2D eigenvalue weighted by atomic mass is 16.6. The minimum absolute atomic E-state index is 0.0349. The van der Waals surface area contributed by atoms with Gasteiger partial charge in [-0.2, -0.15) is 5.10 Å². The molecule has 2 aromatic heterocycles. The summed E-state index contributed by atoms with van der Waals surface area (Å²) in [5.41, 5.74) is 2.40. The Morgan fingerprint density at radius 3 is 2.41 bits per heavy atom. The number of aromatic nitrogens is 3. The van der Waals surface area contributed by atoms with Crippen LogP contribution in [0.25, 0.3) is 28.0 Å². The van der Waals surface area contributed by atoms with E-state index in [4.69, 9.17) is 4.42 Å². The third-order valence-corrected chi connectivity index (χ3v) is 5.21. The standard InChI is InChI=1S/C24H17N5O5/c30-23(15-27-20-12-11-18(29(32)33)13-21(20)34-24(27)31)25-22-14-19(16-7-3-1-4-8-16)26-28(22)17-9-5-2-6-10-17/h1-14H,15H2,(H,25,30). The van der Waals surface area contributed by atoms with Crippen molar-refractivity contribution in [3.8, 4) is 16.9 Å². The van der Waals surface area contributed by atoms with Gasteiger partial charge in [-0.25, -0.2) is 9.48 Å². The number of rotatable bonds is 6. The van der Waals surface area contributed by atoms with Crippen LogP contribution in [0.5, 0.6) is 0 Å². The lowest BCUT2D eigenvalue weighted by Gasteiger charge is -2.09. The number of anilines is 1. The fourth-order valence-corrected chi connectivity index (χ4v) is 3.63. The molecule has 2 heterocycles. The molecule has 0 spiro atoms. The fraction of sp³-hybridized carbons (Fsp3) is 0.0417. The second-order valence-corrected chi connectivity index (χ2v) is 7.44. The van der Waals surface area contributed by atoms with Crippen molar-refractivity contribution in [2.24, 2.45) is 0 Å². The van der Waals surface area contributed by atoms with Crippen LogP contribution in [0.4, 0.5) is 11.5 Å². The number of carbonyl (C=O) groups is 1. The molecule has 5 aromatic rings.